The van der Waals surface area contributed by atoms with Crippen LogP contribution in [0.2, 0.25) is 5.02 Å². The third-order valence-electron chi connectivity index (χ3n) is 9.61. The zero-order valence-corrected chi connectivity index (χ0v) is 42.8. The Morgan fingerprint density at radius 2 is 1.03 bits per heavy atom. The van der Waals surface area contributed by atoms with Gasteiger partial charge in [0.15, 0.2) is 9.92 Å². The van der Waals surface area contributed by atoms with Crippen LogP contribution >= 0.6 is 23.7 Å². The summed E-state index contributed by atoms with van der Waals surface area (Å²) in [6.07, 6.45) is 0.750. The molecule has 0 saturated carbocycles. The van der Waals surface area contributed by atoms with Gasteiger partial charge in [0.2, 0.25) is 6.08 Å². The Bertz CT molecular complexity index is 3300. The Kier molecular flexibility index (Phi) is 22.6. The number of anilines is 7. The number of benzene rings is 8. The lowest BCUT2D eigenvalue weighted by atomic mass is 10.2. The summed E-state index contributed by atoms with van der Waals surface area (Å²) < 4.78 is 47.5. The van der Waals surface area contributed by atoms with Crippen molar-refractivity contribution in [1.29, 1.82) is 10.2 Å². The van der Waals surface area contributed by atoms with Crippen LogP contribution in [0.4, 0.5) is 45.5 Å². The number of hydrogen-bond donors (Lipinski definition) is 12. The first-order valence-electron chi connectivity index (χ1n) is 22.0. The summed E-state index contributed by atoms with van der Waals surface area (Å²) in [6, 6.07) is 61.4. The number of nitrogens with one attached hydrogen (secondary N) is 12. The monoisotopic (exact) mass is 1090 g/mol. The van der Waals surface area contributed by atoms with E-state index in [0.717, 1.165) is 34.5 Å². The number of nitro groups is 1. The molecule has 8 aromatic carbocycles. The van der Waals surface area contributed by atoms with Crippen molar-refractivity contribution < 1.29 is 27.1 Å². The molecular formula is C51H50ClN13O7S3. The molecule has 1 amide bonds. The van der Waals surface area contributed by atoms with Crippen LogP contribution in [0.5, 0.6) is 0 Å². The van der Waals surface area contributed by atoms with Crippen molar-refractivity contribution in [1.82, 2.24) is 19.9 Å². The van der Waals surface area contributed by atoms with Gasteiger partial charge in [-0.05, 0) is 122 Å². The number of hydrazine groups is 4. The molecule has 1 unspecified atom stereocenters. The summed E-state index contributed by atoms with van der Waals surface area (Å²) in [7, 11) is -6.80. The molecule has 1 atom stereocenters. The lowest BCUT2D eigenvalue weighted by Crippen LogP contribution is -2.29. The fourth-order valence-electron chi connectivity index (χ4n) is 5.90. The summed E-state index contributed by atoms with van der Waals surface area (Å²) in [5.74, 6) is -0.319. The standard InChI is InChI=1S/C19H16ClN3O3S.C18H18N4OS.C13H15N5O2S.CHNO/c20-17-13-15(23-27(25,26)16-9-5-2-6-10-16)11-12-18(17)21-22-19(24)14-7-3-1-4-8-14;19-24(23,18-9-5-2-6-10-18)22-21-17-13-11-16(12-14-17)20-15-7-3-1-4-8-15;1-10-2-4-11(5-3-10)14-16-21-17-15-12-6-8-13(9-7-12)18(19)20;2-1-3/h1-13,21,23H,(H,22,24);1-14,20-21H,(H2,19,22,23);2-9,14-17H,1H3;2H. The van der Waals surface area contributed by atoms with E-state index in [2.05, 4.69) is 51.7 Å². The topological polar surface area (TPSA) is 296 Å². The van der Waals surface area contributed by atoms with Crippen molar-refractivity contribution in [3.8, 4) is 0 Å². The van der Waals surface area contributed by atoms with E-state index in [9.17, 15) is 27.5 Å². The Labute approximate surface area is 443 Å². The third-order valence-corrected chi connectivity index (χ3v) is 13.0. The predicted octanol–water partition coefficient (Wildman–Crippen LogP) is 11.2. The highest BCUT2D eigenvalue weighted by molar-refractivity contribution is 7.95. The molecule has 12 N–H and O–H groups in total. The summed E-state index contributed by atoms with van der Waals surface area (Å²) in [4.78, 5) is 39.4. The third kappa shape index (κ3) is 20.0. The molecular weight excluding hydrogens is 1040 g/mol. The number of isocyanates is 1. The number of halogens is 1. The van der Waals surface area contributed by atoms with Crippen LogP contribution in [0.1, 0.15) is 15.9 Å². The van der Waals surface area contributed by atoms with Crippen molar-refractivity contribution in [3.05, 3.63) is 239 Å². The summed E-state index contributed by atoms with van der Waals surface area (Å²) in [5.41, 5.74) is 20.8. The fourth-order valence-corrected chi connectivity index (χ4v) is 8.51. The van der Waals surface area contributed by atoms with Crippen molar-refractivity contribution in [2.24, 2.45) is 0 Å². The highest BCUT2D eigenvalue weighted by Crippen LogP contribution is 2.27. The molecule has 0 aliphatic heterocycles. The van der Waals surface area contributed by atoms with E-state index in [1.165, 1.54) is 48.0 Å². The minimum atomic E-state index is -3.70. The van der Waals surface area contributed by atoms with Gasteiger partial charge in [-0.15, -0.1) is 4.83 Å². The van der Waals surface area contributed by atoms with E-state index in [1.54, 1.807) is 91.0 Å². The number of carbonyl (C=O) groups excluding carboxylic acids is 2. The molecule has 0 spiro atoms. The minimum absolute atomic E-state index is 0.0624. The van der Waals surface area contributed by atoms with Crippen molar-refractivity contribution >= 4 is 101 Å². The van der Waals surface area contributed by atoms with E-state index in [-0.39, 0.29) is 21.5 Å². The Morgan fingerprint density at radius 3 is 1.56 bits per heavy atom. The molecule has 0 aliphatic rings. The van der Waals surface area contributed by atoms with Crippen LogP contribution in [0, 0.1) is 27.2 Å². The highest BCUT2D eigenvalue weighted by atomic mass is 35.5. The molecule has 0 heterocycles. The molecule has 20 nitrogen and oxygen atoms in total. The van der Waals surface area contributed by atoms with Gasteiger partial charge in [0.25, 0.3) is 21.6 Å². The van der Waals surface area contributed by atoms with Crippen LogP contribution in [0.15, 0.2) is 222 Å². The van der Waals surface area contributed by atoms with Crippen LogP contribution in [-0.4, -0.2) is 29.5 Å². The van der Waals surface area contributed by atoms with Crippen LogP contribution in [0.25, 0.3) is 0 Å². The van der Waals surface area contributed by atoms with Gasteiger partial charge in [0.05, 0.1) is 36.8 Å². The predicted molar refractivity (Wildman–Crippen MR) is 299 cm³/mol. The lowest BCUT2D eigenvalue weighted by Gasteiger charge is -2.12. The second-order valence-electron chi connectivity index (χ2n) is 15.1. The number of nitrogens with zero attached hydrogens (tertiary/aromatic N) is 1. The van der Waals surface area contributed by atoms with E-state index in [4.69, 9.17) is 26.6 Å². The lowest BCUT2D eigenvalue weighted by molar-refractivity contribution is -0.384. The van der Waals surface area contributed by atoms with Crippen molar-refractivity contribution in [2.75, 3.05) is 31.7 Å². The minimum Gasteiger partial charge on any atom is -0.356 e. The zero-order valence-electron chi connectivity index (χ0n) is 39.6. The number of rotatable bonds is 19. The first kappa shape index (κ1) is 57.1. The van der Waals surface area contributed by atoms with Gasteiger partial charge in [-0.3, -0.25) is 30.5 Å². The summed E-state index contributed by atoms with van der Waals surface area (Å²) >= 11 is 7.39. The van der Waals surface area contributed by atoms with Crippen LogP contribution < -0.4 is 51.7 Å². The van der Waals surface area contributed by atoms with E-state index in [1.807, 2.05) is 97.9 Å². The number of amides is 1. The van der Waals surface area contributed by atoms with Gasteiger partial charge in [-0.25, -0.2) is 27.6 Å². The average molecular weight is 1090 g/mol. The molecule has 0 bridgehead atoms. The van der Waals surface area contributed by atoms with Gasteiger partial charge < -0.3 is 21.6 Å². The molecule has 0 fully saturated rings. The van der Waals surface area contributed by atoms with Gasteiger partial charge in [0.1, 0.15) is 0 Å². The maximum Gasteiger partial charge on any atom is 0.269 e. The van der Waals surface area contributed by atoms with Crippen molar-refractivity contribution in [2.45, 2.75) is 16.7 Å². The second kappa shape index (κ2) is 29.7. The molecule has 75 heavy (non-hydrogen) atoms. The second-order valence-corrected chi connectivity index (χ2v) is 19.5. The first-order valence-corrected chi connectivity index (χ1v) is 26.2. The maximum absolute atomic E-state index is 12.3. The number of sulfonamides is 1. The first-order chi connectivity index (χ1) is 36.1. The number of non-ortho nitro benzene ring substituents is 1. The normalized spacial score (nSPS) is 11.0. The molecule has 8 aromatic rings. The SMILES string of the molecule is Cc1ccc(NNSNNc2ccc([N+](=O)[O-])cc2)cc1.N=C=O.N=S(=O)(NNc1ccc(Nc2ccccc2)cc1)c1ccccc1.O=C(NNc1ccc(NS(=O)(=O)c2ccccc2)cc1Cl)c1ccccc1. The quantitative estimate of drug-likeness (QED) is 0.00895. The molecule has 24 heteroatoms. The summed E-state index contributed by atoms with van der Waals surface area (Å²) in [5, 5.41) is 19.5. The van der Waals surface area contributed by atoms with Gasteiger partial charge in [0, 0.05) is 52.6 Å². The summed E-state index contributed by atoms with van der Waals surface area (Å²) in [6.45, 7) is 2.03. The van der Waals surface area contributed by atoms with E-state index >= 15 is 0 Å². The largest absolute Gasteiger partial charge is 0.356 e. The highest BCUT2D eigenvalue weighted by Gasteiger charge is 2.15. The van der Waals surface area contributed by atoms with E-state index < -0.39 is 24.9 Å². The fraction of sp³-hybridized carbons (Fsp3) is 0.0196. The number of aryl methyl sites for hydroxylation is 1. The Morgan fingerprint density at radius 1 is 0.587 bits per heavy atom. The van der Waals surface area contributed by atoms with Crippen LogP contribution in [-0.2, 0) is 24.7 Å². The van der Waals surface area contributed by atoms with E-state index in [0.29, 0.717) is 21.8 Å². The van der Waals surface area contributed by atoms with Crippen molar-refractivity contribution in [3.63, 3.8) is 0 Å². The molecule has 0 radical (unpaired) electrons. The molecule has 386 valence electrons. The van der Waals surface area contributed by atoms with Gasteiger partial charge in [-0.2, -0.15) is 9.66 Å². The molecule has 0 aliphatic carbocycles. The zero-order chi connectivity index (χ0) is 53.9. The molecule has 8 rings (SSSR count). The number of para-hydroxylation sites is 1. The number of hydrogen-bond acceptors (Lipinski definition) is 17. The van der Waals surface area contributed by atoms with Gasteiger partial charge >= 0.3 is 0 Å². The maximum atomic E-state index is 12.3. The molecule has 0 saturated heterocycles. The Balaban J connectivity index is 0.000000204. The number of nitro benzene ring substituents is 1. The number of carbonyl (C=O) groups is 1. The average Bonchev–Trinajstić information content (AvgIpc) is 3.42. The van der Waals surface area contributed by atoms with Crippen LogP contribution in [0.3, 0.4) is 0 Å². The smallest absolute Gasteiger partial charge is 0.269 e. The molecule has 0 aromatic heterocycles. The van der Waals surface area contributed by atoms with Gasteiger partial charge in [-0.1, -0.05) is 102 Å². The Hall–Kier alpha value is -8.77.